The number of likely N-dealkylation sites (tertiary alicyclic amines) is 1. The van der Waals surface area contributed by atoms with Gasteiger partial charge in [-0.05, 0) is 31.7 Å². The quantitative estimate of drug-likeness (QED) is 0.852. The fraction of sp³-hybridized carbons (Fsp3) is 0.917. The van der Waals surface area contributed by atoms with Crippen LogP contribution in [-0.2, 0) is 4.79 Å². The molecule has 0 amide bonds. The van der Waals surface area contributed by atoms with Crippen LogP contribution in [0.1, 0.15) is 32.1 Å². The molecule has 0 spiro atoms. The highest BCUT2D eigenvalue weighted by Gasteiger charge is 2.48. The van der Waals surface area contributed by atoms with Crippen LogP contribution in [0, 0.1) is 11.8 Å². The lowest BCUT2D eigenvalue weighted by Gasteiger charge is -2.33. The third-order valence-electron chi connectivity index (χ3n) is 4.24. The molecule has 2 rings (SSSR count). The van der Waals surface area contributed by atoms with E-state index in [9.17, 15) is 18.0 Å². The Balaban J connectivity index is 2.01. The molecule has 18 heavy (non-hydrogen) atoms. The number of carbonyl (C=O) groups is 1. The molecule has 0 aromatic rings. The van der Waals surface area contributed by atoms with Crippen LogP contribution < -0.4 is 0 Å². The summed E-state index contributed by atoms with van der Waals surface area (Å²) in [5, 5.41) is 8.72. The maximum atomic E-state index is 12.6. The Bertz CT molecular complexity index is 319. The lowest BCUT2D eigenvalue weighted by atomic mass is 9.85. The first-order valence-electron chi connectivity index (χ1n) is 6.43. The van der Waals surface area contributed by atoms with Crippen molar-refractivity contribution in [2.45, 2.75) is 44.3 Å². The van der Waals surface area contributed by atoms with Gasteiger partial charge < -0.3 is 5.11 Å². The van der Waals surface area contributed by atoms with Gasteiger partial charge in [0, 0.05) is 12.6 Å². The van der Waals surface area contributed by atoms with E-state index in [2.05, 4.69) is 0 Å². The summed E-state index contributed by atoms with van der Waals surface area (Å²) in [7, 11) is 0. The Hall–Kier alpha value is -0.780. The van der Waals surface area contributed by atoms with Gasteiger partial charge in [-0.25, -0.2) is 0 Å². The lowest BCUT2D eigenvalue weighted by molar-refractivity contribution is -0.197. The number of hydrogen-bond acceptors (Lipinski definition) is 2. The molecule has 1 N–H and O–H groups in total. The Kier molecular flexibility index (Phi) is 3.84. The van der Waals surface area contributed by atoms with Crippen LogP contribution in [0.4, 0.5) is 13.2 Å². The van der Waals surface area contributed by atoms with Gasteiger partial charge in [-0.1, -0.05) is 12.8 Å². The zero-order valence-corrected chi connectivity index (χ0v) is 10.1. The number of carboxylic acid groups (broad SMARTS) is 1. The second-order valence-corrected chi connectivity index (χ2v) is 5.33. The molecule has 1 aliphatic heterocycles. The van der Waals surface area contributed by atoms with E-state index < -0.39 is 18.1 Å². The van der Waals surface area contributed by atoms with Gasteiger partial charge in [-0.2, -0.15) is 13.2 Å². The van der Waals surface area contributed by atoms with Crippen molar-refractivity contribution in [1.82, 2.24) is 4.90 Å². The second-order valence-electron chi connectivity index (χ2n) is 5.33. The molecule has 2 aliphatic rings. The number of alkyl halides is 3. The van der Waals surface area contributed by atoms with E-state index >= 15 is 0 Å². The maximum Gasteiger partial charge on any atom is 0.403 e. The largest absolute Gasteiger partial charge is 0.481 e. The standard InChI is InChI=1S/C12H18F3NO2/c13-12(14,15)9(11(17)18)7-16-6-5-8-3-1-2-4-10(8)16/h8-10H,1-7H2,(H,17,18). The van der Waals surface area contributed by atoms with Gasteiger partial charge >= 0.3 is 12.1 Å². The zero-order chi connectivity index (χ0) is 13.3. The smallest absolute Gasteiger partial charge is 0.403 e. The van der Waals surface area contributed by atoms with Crippen molar-refractivity contribution in [2.75, 3.05) is 13.1 Å². The summed E-state index contributed by atoms with van der Waals surface area (Å²) in [4.78, 5) is 12.5. The molecule has 0 bridgehead atoms. The van der Waals surface area contributed by atoms with Crippen LogP contribution in [0.25, 0.3) is 0 Å². The number of fused-ring (bicyclic) bond motifs is 1. The van der Waals surface area contributed by atoms with Gasteiger partial charge in [0.05, 0.1) is 0 Å². The summed E-state index contributed by atoms with van der Waals surface area (Å²) in [5.41, 5.74) is 0. The Labute approximate surface area is 104 Å². The highest BCUT2D eigenvalue weighted by molar-refractivity contribution is 5.71. The van der Waals surface area contributed by atoms with Crippen molar-refractivity contribution in [1.29, 1.82) is 0 Å². The van der Waals surface area contributed by atoms with Gasteiger partial charge in [0.2, 0.25) is 0 Å². The number of rotatable bonds is 3. The number of carboxylic acids is 1. The first kappa shape index (κ1) is 13.6. The normalized spacial score (nSPS) is 31.1. The summed E-state index contributed by atoms with van der Waals surface area (Å²) < 4.78 is 37.9. The van der Waals surface area contributed by atoms with Crippen LogP contribution in [0.5, 0.6) is 0 Å². The lowest BCUT2D eigenvalue weighted by Crippen LogP contribution is -2.44. The van der Waals surface area contributed by atoms with Crippen LogP contribution in [0.2, 0.25) is 0 Å². The molecule has 1 saturated carbocycles. The van der Waals surface area contributed by atoms with Crippen molar-refractivity contribution < 1.29 is 23.1 Å². The van der Waals surface area contributed by atoms with E-state index in [-0.39, 0.29) is 12.6 Å². The Morgan fingerprint density at radius 2 is 1.94 bits per heavy atom. The summed E-state index contributed by atoms with van der Waals surface area (Å²) in [6, 6.07) is 0.169. The first-order valence-corrected chi connectivity index (χ1v) is 6.43. The molecule has 1 heterocycles. The van der Waals surface area contributed by atoms with Crippen molar-refractivity contribution in [3.63, 3.8) is 0 Å². The van der Waals surface area contributed by atoms with Crippen molar-refractivity contribution in [3.05, 3.63) is 0 Å². The zero-order valence-electron chi connectivity index (χ0n) is 10.1. The molecule has 3 atom stereocenters. The van der Waals surface area contributed by atoms with E-state index in [0.717, 1.165) is 32.1 Å². The minimum absolute atomic E-state index is 0.169. The molecule has 104 valence electrons. The van der Waals surface area contributed by atoms with E-state index in [4.69, 9.17) is 5.11 Å². The van der Waals surface area contributed by atoms with E-state index in [1.54, 1.807) is 4.90 Å². The van der Waals surface area contributed by atoms with Crippen LogP contribution >= 0.6 is 0 Å². The molecule has 2 fully saturated rings. The van der Waals surface area contributed by atoms with Crippen LogP contribution in [0.3, 0.4) is 0 Å². The van der Waals surface area contributed by atoms with Gasteiger partial charge in [-0.3, -0.25) is 9.69 Å². The fourth-order valence-corrected chi connectivity index (χ4v) is 3.29. The Morgan fingerprint density at radius 1 is 1.28 bits per heavy atom. The molecule has 1 saturated heterocycles. The summed E-state index contributed by atoms with van der Waals surface area (Å²) in [5.74, 6) is -3.54. The molecule has 3 unspecified atom stereocenters. The van der Waals surface area contributed by atoms with Crippen molar-refractivity contribution in [3.8, 4) is 0 Å². The molecule has 0 aromatic heterocycles. The summed E-state index contributed by atoms with van der Waals surface area (Å²) >= 11 is 0. The van der Waals surface area contributed by atoms with Crippen molar-refractivity contribution >= 4 is 5.97 Å². The number of halogens is 3. The van der Waals surface area contributed by atoms with E-state index in [1.165, 1.54) is 0 Å². The fourth-order valence-electron chi connectivity index (χ4n) is 3.29. The molecule has 0 radical (unpaired) electrons. The topological polar surface area (TPSA) is 40.5 Å². The van der Waals surface area contributed by atoms with Gasteiger partial charge in [-0.15, -0.1) is 0 Å². The third-order valence-corrected chi connectivity index (χ3v) is 4.24. The number of nitrogens with zero attached hydrogens (tertiary/aromatic N) is 1. The molecular weight excluding hydrogens is 247 g/mol. The Morgan fingerprint density at radius 3 is 2.56 bits per heavy atom. The number of hydrogen-bond donors (Lipinski definition) is 1. The van der Waals surface area contributed by atoms with Gasteiger partial charge in [0.1, 0.15) is 0 Å². The first-order chi connectivity index (χ1) is 8.39. The van der Waals surface area contributed by atoms with Gasteiger partial charge in [0.15, 0.2) is 5.92 Å². The highest BCUT2D eigenvalue weighted by atomic mass is 19.4. The van der Waals surface area contributed by atoms with Crippen LogP contribution in [-0.4, -0.2) is 41.3 Å². The third kappa shape index (κ3) is 2.79. The minimum atomic E-state index is -4.65. The predicted octanol–water partition coefficient (Wildman–Crippen LogP) is 2.51. The van der Waals surface area contributed by atoms with Gasteiger partial charge in [0.25, 0.3) is 0 Å². The van der Waals surface area contributed by atoms with Crippen molar-refractivity contribution in [2.24, 2.45) is 11.8 Å². The average Bonchev–Trinajstić information content (AvgIpc) is 2.67. The second kappa shape index (κ2) is 5.07. The maximum absolute atomic E-state index is 12.6. The number of aliphatic carboxylic acids is 1. The molecule has 6 heteroatoms. The molecular formula is C12H18F3NO2. The highest BCUT2D eigenvalue weighted by Crippen LogP contribution is 2.38. The minimum Gasteiger partial charge on any atom is -0.481 e. The van der Waals surface area contributed by atoms with E-state index in [0.29, 0.717) is 12.5 Å². The average molecular weight is 265 g/mol. The van der Waals surface area contributed by atoms with Crippen LogP contribution in [0.15, 0.2) is 0 Å². The van der Waals surface area contributed by atoms with E-state index in [1.807, 2.05) is 0 Å². The summed E-state index contributed by atoms with van der Waals surface area (Å²) in [6.45, 7) is 0.217. The molecule has 1 aliphatic carbocycles. The SMILES string of the molecule is O=C(O)C(CN1CCC2CCCCC21)C(F)(F)F. The molecule has 3 nitrogen and oxygen atoms in total. The molecule has 0 aromatic carbocycles. The predicted molar refractivity (Wildman–Crippen MR) is 59.1 cm³/mol. The summed E-state index contributed by atoms with van der Waals surface area (Å²) in [6.07, 6.45) is 0.436. The monoisotopic (exact) mass is 265 g/mol.